The maximum atomic E-state index is 10.5. The van der Waals surface area contributed by atoms with E-state index < -0.39 is 5.97 Å². The van der Waals surface area contributed by atoms with Gasteiger partial charge in [-0.2, -0.15) is 0 Å². The van der Waals surface area contributed by atoms with Crippen molar-refractivity contribution in [2.24, 2.45) is 5.73 Å². The summed E-state index contributed by atoms with van der Waals surface area (Å²) in [6, 6.07) is 6.31. The molecule has 0 heterocycles. The fourth-order valence-electron chi connectivity index (χ4n) is 0.967. The maximum Gasteiger partial charge on any atom is 0.335 e. The Bertz CT molecular complexity index is 295. The van der Waals surface area contributed by atoms with Crippen LogP contribution >= 0.6 is 0 Å². The van der Waals surface area contributed by atoms with Gasteiger partial charge in [-0.15, -0.1) is 0 Å². The van der Waals surface area contributed by atoms with Gasteiger partial charge in [-0.05, 0) is 37.2 Å². The Morgan fingerprint density at radius 3 is 2.50 bits per heavy atom. The third-order valence-corrected chi connectivity index (χ3v) is 1.72. The number of carbonyl (C=O) groups is 1. The summed E-state index contributed by atoms with van der Waals surface area (Å²) in [4.78, 5) is 10.5. The first-order valence-corrected chi connectivity index (χ1v) is 4.40. The molecule has 0 unspecified atom stereocenters. The molecule has 1 aromatic rings. The van der Waals surface area contributed by atoms with Gasteiger partial charge in [0.05, 0.1) is 12.2 Å². The summed E-state index contributed by atoms with van der Waals surface area (Å²) in [5.74, 6) is -0.262. The van der Waals surface area contributed by atoms with Gasteiger partial charge in [0.1, 0.15) is 5.75 Å². The predicted octanol–water partition coefficient (Wildman–Crippen LogP) is 1.11. The highest BCUT2D eigenvalue weighted by Gasteiger charge is 2.01. The van der Waals surface area contributed by atoms with Crippen LogP contribution in [0.1, 0.15) is 16.8 Å². The molecular weight excluding hydrogens is 182 g/mol. The van der Waals surface area contributed by atoms with Gasteiger partial charge in [0.15, 0.2) is 0 Å². The molecule has 76 valence electrons. The van der Waals surface area contributed by atoms with Gasteiger partial charge in [0, 0.05) is 0 Å². The molecule has 3 N–H and O–H groups in total. The number of aromatic carboxylic acids is 1. The van der Waals surface area contributed by atoms with Crippen LogP contribution < -0.4 is 10.5 Å². The number of ether oxygens (including phenoxy) is 1. The number of rotatable bonds is 5. The molecule has 0 radical (unpaired) electrons. The van der Waals surface area contributed by atoms with E-state index in [0.29, 0.717) is 18.9 Å². The summed E-state index contributed by atoms with van der Waals surface area (Å²) in [7, 11) is 0. The molecule has 1 rings (SSSR count). The van der Waals surface area contributed by atoms with Crippen molar-refractivity contribution in [3.8, 4) is 5.75 Å². The zero-order valence-electron chi connectivity index (χ0n) is 7.77. The summed E-state index contributed by atoms with van der Waals surface area (Å²) in [6.45, 7) is 1.15. The fourth-order valence-corrected chi connectivity index (χ4v) is 0.967. The second-order valence-electron chi connectivity index (χ2n) is 2.82. The van der Waals surface area contributed by atoms with Gasteiger partial charge >= 0.3 is 5.97 Å². The Labute approximate surface area is 82.3 Å². The zero-order chi connectivity index (χ0) is 10.4. The summed E-state index contributed by atoms with van der Waals surface area (Å²) in [6.07, 6.45) is 0.792. The third-order valence-electron chi connectivity index (χ3n) is 1.72. The average Bonchev–Trinajstić information content (AvgIpc) is 2.19. The molecule has 4 heteroatoms. The van der Waals surface area contributed by atoms with Gasteiger partial charge in [0.2, 0.25) is 0 Å². The highest BCUT2D eigenvalue weighted by molar-refractivity contribution is 5.87. The lowest BCUT2D eigenvalue weighted by Gasteiger charge is -2.04. The van der Waals surface area contributed by atoms with Crippen molar-refractivity contribution < 1.29 is 14.6 Å². The molecule has 0 atom stereocenters. The number of hydrogen-bond donors (Lipinski definition) is 2. The normalized spacial score (nSPS) is 9.79. The molecule has 0 aliphatic rings. The Balaban J connectivity index is 2.51. The smallest absolute Gasteiger partial charge is 0.335 e. The van der Waals surface area contributed by atoms with Gasteiger partial charge in [0.25, 0.3) is 0 Å². The number of benzene rings is 1. The van der Waals surface area contributed by atoms with Crippen LogP contribution in [0.2, 0.25) is 0 Å². The van der Waals surface area contributed by atoms with Crippen LogP contribution in [-0.4, -0.2) is 24.2 Å². The Kier molecular flexibility index (Phi) is 3.94. The highest BCUT2D eigenvalue weighted by Crippen LogP contribution is 2.12. The van der Waals surface area contributed by atoms with Crippen molar-refractivity contribution in [3.05, 3.63) is 29.8 Å². The van der Waals surface area contributed by atoms with Gasteiger partial charge in [-0.3, -0.25) is 0 Å². The molecule has 0 amide bonds. The van der Waals surface area contributed by atoms with E-state index in [9.17, 15) is 4.79 Å². The fraction of sp³-hybridized carbons (Fsp3) is 0.300. The van der Waals surface area contributed by atoms with Crippen molar-refractivity contribution in [1.29, 1.82) is 0 Å². The minimum atomic E-state index is -0.932. The van der Waals surface area contributed by atoms with Crippen molar-refractivity contribution in [2.45, 2.75) is 6.42 Å². The molecular formula is C10H13NO3. The van der Waals surface area contributed by atoms with Crippen molar-refractivity contribution in [2.75, 3.05) is 13.2 Å². The van der Waals surface area contributed by atoms with E-state index in [2.05, 4.69) is 0 Å². The average molecular weight is 195 g/mol. The zero-order valence-corrected chi connectivity index (χ0v) is 7.77. The van der Waals surface area contributed by atoms with Crippen LogP contribution in [0.5, 0.6) is 5.75 Å². The molecule has 1 aromatic carbocycles. The van der Waals surface area contributed by atoms with Gasteiger partial charge in [-0.1, -0.05) is 0 Å². The van der Waals surface area contributed by atoms with Crippen LogP contribution in [0.4, 0.5) is 0 Å². The lowest BCUT2D eigenvalue weighted by Crippen LogP contribution is -2.06. The van der Waals surface area contributed by atoms with Crippen LogP contribution in [-0.2, 0) is 0 Å². The molecule has 0 fully saturated rings. The summed E-state index contributed by atoms with van der Waals surface area (Å²) in [5, 5.41) is 8.63. The monoisotopic (exact) mass is 195 g/mol. The first-order valence-electron chi connectivity index (χ1n) is 4.40. The summed E-state index contributed by atoms with van der Waals surface area (Å²) < 4.78 is 5.31. The molecule has 4 nitrogen and oxygen atoms in total. The van der Waals surface area contributed by atoms with Gasteiger partial charge in [-0.25, -0.2) is 4.79 Å². The van der Waals surface area contributed by atoms with Crippen LogP contribution in [0, 0.1) is 0 Å². The summed E-state index contributed by atoms with van der Waals surface area (Å²) in [5.41, 5.74) is 5.56. The van der Waals surface area contributed by atoms with Crippen molar-refractivity contribution in [1.82, 2.24) is 0 Å². The minimum Gasteiger partial charge on any atom is -0.494 e. The lowest BCUT2D eigenvalue weighted by atomic mass is 10.2. The number of nitrogens with two attached hydrogens (primary N) is 1. The topological polar surface area (TPSA) is 72.5 Å². The van der Waals surface area contributed by atoms with E-state index in [0.717, 1.165) is 6.42 Å². The van der Waals surface area contributed by atoms with E-state index >= 15 is 0 Å². The highest BCUT2D eigenvalue weighted by atomic mass is 16.5. The van der Waals surface area contributed by atoms with E-state index in [1.54, 1.807) is 12.1 Å². The molecule has 0 bridgehead atoms. The molecule has 0 aromatic heterocycles. The molecule has 14 heavy (non-hydrogen) atoms. The van der Waals surface area contributed by atoms with E-state index in [-0.39, 0.29) is 5.56 Å². The predicted molar refractivity (Wildman–Crippen MR) is 52.6 cm³/mol. The third kappa shape index (κ3) is 3.06. The Hall–Kier alpha value is -1.55. The van der Waals surface area contributed by atoms with Gasteiger partial charge < -0.3 is 15.6 Å². The van der Waals surface area contributed by atoms with E-state index in [4.69, 9.17) is 15.6 Å². The van der Waals surface area contributed by atoms with Crippen LogP contribution in [0.25, 0.3) is 0 Å². The number of carboxylic acid groups (broad SMARTS) is 1. The second kappa shape index (κ2) is 5.24. The summed E-state index contributed by atoms with van der Waals surface area (Å²) >= 11 is 0. The SMILES string of the molecule is NCCCOc1ccc(C(=O)O)cc1. The van der Waals surface area contributed by atoms with E-state index in [1.807, 2.05) is 0 Å². The molecule has 0 saturated carbocycles. The molecule has 0 aliphatic heterocycles. The maximum absolute atomic E-state index is 10.5. The van der Waals surface area contributed by atoms with Crippen LogP contribution in [0.3, 0.4) is 0 Å². The standard InChI is InChI=1S/C10H13NO3/c11-6-1-7-14-9-4-2-8(3-5-9)10(12)13/h2-5H,1,6-7,11H2,(H,12,13). The lowest BCUT2D eigenvalue weighted by molar-refractivity contribution is 0.0697. The molecule has 0 aliphatic carbocycles. The first-order chi connectivity index (χ1) is 6.74. The Morgan fingerprint density at radius 2 is 2.00 bits per heavy atom. The minimum absolute atomic E-state index is 0.260. The second-order valence-corrected chi connectivity index (χ2v) is 2.82. The quantitative estimate of drug-likeness (QED) is 0.690. The Morgan fingerprint density at radius 1 is 1.36 bits per heavy atom. The van der Waals surface area contributed by atoms with Crippen LogP contribution in [0.15, 0.2) is 24.3 Å². The number of hydrogen-bond acceptors (Lipinski definition) is 3. The van der Waals surface area contributed by atoms with Crippen molar-refractivity contribution >= 4 is 5.97 Å². The largest absolute Gasteiger partial charge is 0.494 e. The van der Waals surface area contributed by atoms with Crippen molar-refractivity contribution in [3.63, 3.8) is 0 Å². The first kappa shape index (κ1) is 10.5. The molecule has 0 saturated heterocycles. The number of carboxylic acids is 1. The van der Waals surface area contributed by atoms with E-state index in [1.165, 1.54) is 12.1 Å². The molecule has 0 spiro atoms.